The SMILES string of the molecule is CC(C)(NCc1cc(Cl)c(O)c(Cl)c1)C(O)(O)O. The molecule has 0 unspecified atom stereocenters. The molecular weight excluding hydrogens is 281 g/mol. The first-order chi connectivity index (χ1) is 8.04. The molecule has 1 rings (SSSR count). The lowest BCUT2D eigenvalue weighted by Gasteiger charge is -2.34. The summed E-state index contributed by atoms with van der Waals surface area (Å²) in [6, 6.07) is 2.97. The van der Waals surface area contributed by atoms with Crippen LogP contribution in [0.25, 0.3) is 0 Å². The van der Waals surface area contributed by atoms with Crippen LogP contribution >= 0.6 is 23.2 Å². The lowest BCUT2D eigenvalue weighted by molar-refractivity contribution is -0.348. The normalized spacial score (nSPS) is 12.8. The van der Waals surface area contributed by atoms with Crippen molar-refractivity contribution in [3.05, 3.63) is 27.7 Å². The zero-order chi connectivity index (χ0) is 14.1. The number of phenolic OH excluding ortho intramolecular Hbond substituents is 1. The monoisotopic (exact) mass is 295 g/mol. The third-order valence-electron chi connectivity index (χ3n) is 2.65. The Balaban J connectivity index is 2.82. The topological polar surface area (TPSA) is 93.0 Å². The summed E-state index contributed by atoms with van der Waals surface area (Å²) in [5.41, 5.74) is -0.732. The fourth-order valence-electron chi connectivity index (χ4n) is 1.16. The van der Waals surface area contributed by atoms with Crippen molar-refractivity contribution in [2.75, 3.05) is 0 Å². The molecule has 0 bridgehead atoms. The predicted octanol–water partition coefficient (Wildman–Crippen LogP) is 1.20. The van der Waals surface area contributed by atoms with Gasteiger partial charge in [0.15, 0.2) is 5.75 Å². The van der Waals surface area contributed by atoms with E-state index in [1.54, 1.807) is 0 Å². The van der Waals surface area contributed by atoms with E-state index in [0.29, 0.717) is 5.56 Å². The largest absolute Gasteiger partial charge is 0.505 e. The number of hydrogen-bond donors (Lipinski definition) is 5. The first-order valence-corrected chi connectivity index (χ1v) is 5.89. The molecule has 0 saturated heterocycles. The minimum absolute atomic E-state index is 0.0976. The van der Waals surface area contributed by atoms with Crippen molar-refractivity contribution in [3.63, 3.8) is 0 Å². The maximum Gasteiger partial charge on any atom is 0.294 e. The van der Waals surface area contributed by atoms with Gasteiger partial charge >= 0.3 is 0 Å². The van der Waals surface area contributed by atoms with Crippen LogP contribution < -0.4 is 5.32 Å². The number of benzene rings is 1. The summed E-state index contributed by atoms with van der Waals surface area (Å²) >= 11 is 11.5. The summed E-state index contributed by atoms with van der Waals surface area (Å²) in [4.78, 5) is 0. The molecule has 1 aromatic carbocycles. The summed E-state index contributed by atoms with van der Waals surface area (Å²) in [5.74, 6) is -3.07. The zero-order valence-electron chi connectivity index (χ0n) is 9.91. The van der Waals surface area contributed by atoms with Crippen molar-refractivity contribution >= 4 is 23.2 Å². The van der Waals surface area contributed by atoms with E-state index in [1.807, 2.05) is 0 Å². The van der Waals surface area contributed by atoms with Crippen molar-refractivity contribution < 1.29 is 20.4 Å². The zero-order valence-corrected chi connectivity index (χ0v) is 11.4. The maximum atomic E-state index is 9.38. The van der Waals surface area contributed by atoms with Gasteiger partial charge in [0.25, 0.3) is 5.97 Å². The molecule has 1 aromatic rings. The Labute approximate surface area is 115 Å². The average molecular weight is 296 g/mol. The van der Waals surface area contributed by atoms with Gasteiger partial charge in [-0.2, -0.15) is 0 Å². The fourth-order valence-corrected chi connectivity index (χ4v) is 1.69. The van der Waals surface area contributed by atoms with Gasteiger partial charge in [-0.25, -0.2) is 0 Å². The highest BCUT2D eigenvalue weighted by atomic mass is 35.5. The summed E-state index contributed by atoms with van der Waals surface area (Å²) in [6.45, 7) is 3.00. The minimum Gasteiger partial charge on any atom is -0.505 e. The number of rotatable bonds is 4. The summed E-state index contributed by atoms with van der Waals surface area (Å²) < 4.78 is 0. The highest BCUT2D eigenvalue weighted by Gasteiger charge is 2.40. The second kappa shape index (κ2) is 5.21. The smallest absolute Gasteiger partial charge is 0.294 e. The molecule has 0 amide bonds. The van der Waals surface area contributed by atoms with Crippen LogP contribution in [0.5, 0.6) is 5.75 Å². The van der Waals surface area contributed by atoms with Crippen LogP contribution in [0.1, 0.15) is 19.4 Å². The van der Waals surface area contributed by atoms with E-state index < -0.39 is 11.5 Å². The van der Waals surface area contributed by atoms with Gasteiger partial charge in [0.1, 0.15) is 0 Å². The van der Waals surface area contributed by atoms with E-state index in [9.17, 15) is 5.11 Å². The molecule has 5 nitrogen and oxygen atoms in total. The summed E-state index contributed by atoms with van der Waals surface area (Å²) in [7, 11) is 0. The Morgan fingerprint density at radius 2 is 1.56 bits per heavy atom. The highest BCUT2D eigenvalue weighted by Crippen LogP contribution is 2.32. The van der Waals surface area contributed by atoms with Crippen LogP contribution in [0.2, 0.25) is 10.0 Å². The summed E-state index contributed by atoms with van der Waals surface area (Å²) in [5, 5.41) is 39.7. The van der Waals surface area contributed by atoms with E-state index in [4.69, 9.17) is 38.5 Å². The first kappa shape index (κ1) is 15.5. The molecule has 0 aliphatic carbocycles. The first-order valence-electron chi connectivity index (χ1n) is 5.13. The molecule has 0 aliphatic rings. The van der Waals surface area contributed by atoms with Gasteiger partial charge in [-0.3, -0.25) is 0 Å². The second-order valence-corrected chi connectivity index (χ2v) is 5.34. The number of nitrogens with one attached hydrogen (secondary N) is 1. The maximum absolute atomic E-state index is 9.38. The van der Waals surface area contributed by atoms with Crippen molar-refractivity contribution in [1.29, 1.82) is 0 Å². The Bertz CT molecular complexity index is 420. The van der Waals surface area contributed by atoms with Gasteiger partial charge in [-0.05, 0) is 31.5 Å². The van der Waals surface area contributed by atoms with Crippen molar-refractivity contribution in [2.24, 2.45) is 0 Å². The molecule has 0 heterocycles. The van der Waals surface area contributed by atoms with Gasteiger partial charge in [0.05, 0.1) is 15.6 Å². The molecule has 0 fully saturated rings. The lowest BCUT2D eigenvalue weighted by atomic mass is 10.0. The van der Waals surface area contributed by atoms with Gasteiger partial charge in [0, 0.05) is 6.54 Å². The highest BCUT2D eigenvalue weighted by molar-refractivity contribution is 6.37. The van der Waals surface area contributed by atoms with E-state index in [1.165, 1.54) is 26.0 Å². The van der Waals surface area contributed by atoms with Gasteiger partial charge in [-0.1, -0.05) is 23.2 Å². The molecule has 7 heteroatoms. The minimum atomic E-state index is -2.86. The van der Waals surface area contributed by atoms with Crippen LogP contribution in [-0.4, -0.2) is 31.9 Å². The van der Waals surface area contributed by atoms with E-state index in [0.717, 1.165) is 0 Å². The van der Waals surface area contributed by atoms with E-state index in [-0.39, 0.29) is 22.3 Å². The Kier molecular flexibility index (Phi) is 4.48. The predicted molar refractivity (Wildman–Crippen MR) is 68.4 cm³/mol. The number of hydrogen-bond acceptors (Lipinski definition) is 5. The van der Waals surface area contributed by atoms with Crippen LogP contribution in [0.3, 0.4) is 0 Å². The fraction of sp³-hybridized carbons (Fsp3) is 0.455. The molecule has 18 heavy (non-hydrogen) atoms. The Morgan fingerprint density at radius 3 is 1.94 bits per heavy atom. The number of aliphatic hydroxyl groups is 3. The van der Waals surface area contributed by atoms with Gasteiger partial charge < -0.3 is 25.7 Å². The van der Waals surface area contributed by atoms with Crippen LogP contribution in [0.4, 0.5) is 0 Å². The van der Waals surface area contributed by atoms with Gasteiger partial charge in [-0.15, -0.1) is 0 Å². The third-order valence-corrected chi connectivity index (χ3v) is 3.23. The number of phenols is 1. The molecule has 0 aliphatic heterocycles. The van der Waals surface area contributed by atoms with E-state index in [2.05, 4.69) is 5.32 Å². The van der Waals surface area contributed by atoms with Crippen LogP contribution in [0.15, 0.2) is 12.1 Å². The molecule has 102 valence electrons. The van der Waals surface area contributed by atoms with E-state index >= 15 is 0 Å². The van der Waals surface area contributed by atoms with Gasteiger partial charge in [0.2, 0.25) is 0 Å². The molecule has 5 N–H and O–H groups in total. The number of aromatic hydroxyl groups is 1. The average Bonchev–Trinajstić information content (AvgIpc) is 2.21. The standard InChI is InChI=1S/C11H15Cl2NO4/c1-10(2,11(16,17)18)14-5-6-3-7(12)9(15)8(13)4-6/h3-4,14-18H,5H2,1-2H3. The number of halogens is 2. The van der Waals surface area contributed by atoms with Crippen LogP contribution in [0, 0.1) is 0 Å². The summed E-state index contributed by atoms with van der Waals surface area (Å²) in [6.07, 6.45) is 0. The Hall–Kier alpha value is -0.560. The van der Waals surface area contributed by atoms with Crippen LogP contribution in [-0.2, 0) is 6.54 Å². The quantitative estimate of drug-likeness (QED) is 0.538. The molecule has 0 saturated carbocycles. The Morgan fingerprint density at radius 1 is 1.11 bits per heavy atom. The second-order valence-electron chi connectivity index (χ2n) is 4.52. The molecule has 0 spiro atoms. The van der Waals surface area contributed by atoms with Crippen molar-refractivity contribution in [1.82, 2.24) is 5.32 Å². The lowest BCUT2D eigenvalue weighted by Crippen LogP contribution is -2.58. The third kappa shape index (κ3) is 3.47. The molecular formula is C11H15Cl2NO4. The van der Waals surface area contributed by atoms with Crippen molar-refractivity contribution in [3.8, 4) is 5.75 Å². The van der Waals surface area contributed by atoms with Crippen molar-refractivity contribution in [2.45, 2.75) is 31.9 Å². The molecule has 0 atom stereocenters. The molecule has 0 radical (unpaired) electrons. The molecule has 0 aromatic heterocycles.